The predicted molar refractivity (Wildman–Crippen MR) is 118 cm³/mol. The van der Waals surface area contributed by atoms with Gasteiger partial charge in [-0.15, -0.1) is 0 Å². The maximum absolute atomic E-state index is 13.0. The lowest BCUT2D eigenvalue weighted by Crippen LogP contribution is -2.30. The zero-order valence-corrected chi connectivity index (χ0v) is 17.5. The molecule has 0 aliphatic carbocycles. The summed E-state index contributed by atoms with van der Waals surface area (Å²) in [5.74, 6) is 1.66. The number of rotatable bonds is 5. The Kier molecular flexibility index (Phi) is 5.77. The molecule has 0 saturated heterocycles. The van der Waals surface area contributed by atoms with Gasteiger partial charge in [0.2, 0.25) is 0 Å². The van der Waals surface area contributed by atoms with Crippen LogP contribution in [0, 0.1) is 0 Å². The third-order valence-corrected chi connectivity index (χ3v) is 4.86. The quantitative estimate of drug-likeness (QED) is 0.602. The first-order chi connectivity index (χ1) is 14.5. The van der Waals surface area contributed by atoms with Gasteiger partial charge < -0.3 is 19.7 Å². The van der Waals surface area contributed by atoms with Gasteiger partial charge in [0.1, 0.15) is 12.4 Å². The largest absolute Gasteiger partial charge is 0.491 e. The van der Waals surface area contributed by atoms with Gasteiger partial charge >= 0.3 is 0 Å². The van der Waals surface area contributed by atoms with E-state index in [-0.39, 0.29) is 12.0 Å². The molecule has 0 saturated carbocycles. The first-order valence-electron chi connectivity index (χ1n) is 9.75. The maximum atomic E-state index is 13.0. The maximum Gasteiger partial charge on any atom is 0.259 e. The zero-order valence-electron chi connectivity index (χ0n) is 16.8. The fraction of sp³-hybridized carbons (Fsp3) is 0.217. The van der Waals surface area contributed by atoms with Crippen molar-refractivity contribution in [2.75, 3.05) is 23.4 Å². The predicted octanol–water partition coefficient (Wildman–Crippen LogP) is 5.31. The van der Waals surface area contributed by atoms with Crippen molar-refractivity contribution in [3.63, 3.8) is 0 Å². The van der Waals surface area contributed by atoms with Gasteiger partial charge in [-0.3, -0.25) is 4.79 Å². The topological polar surface area (TPSA) is 63.7 Å². The number of benzene rings is 2. The molecular weight excluding hydrogens is 402 g/mol. The second kappa shape index (κ2) is 8.63. The van der Waals surface area contributed by atoms with Crippen molar-refractivity contribution in [3.8, 4) is 11.5 Å². The molecule has 2 aromatic carbocycles. The van der Waals surface area contributed by atoms with Crippen LogP contribution in [-0.2, 0) is 0 Å². The summed E-state index contributed by atoms with van der Waals surface area (Å²) in [7, 11) is 0. The molecule has 4 rings (SSSR count). The molecule has 0 radical (unpaired) electrons. The van der Waals surface area contributed by atoms with E-state index in [1.54, 1.807) is 24.4 Å². The molecule has 1 aliphatic heterocycles. The SMILES string of the molecule is CC(C)Oc1ccc(NC(=O)c2cccc3c2OCCN3c2ncccc2Cl)cc1. The second-order valence-electron chi connectivity index (χ2n) is 7.11. The van der Waals surface area contributed by atoms with Gasteiger partial charge in [-0.1, -0.05) is 17.7 Å². The van der Waals surface area contributed by atoms with Crippen LogP contribution in [0.15, 0.2) is 60.8 Å². The number of anilines is 3. The van der Waals surface area contributed by atoms with Gasteiger partial charge in [-0.25, -0.2) is 4.98 Å². The van der Waals surface area contributed by atoms with Crippen LogP contribution < -0.4 is 19.7 Å². The first kappa shape index (κ1) is 20.0. The fourth-order valence-corrected chi connectivity index (χ4v) is 3.53. The number of aromatic nitrogens is 1. The van der Waals surface area contributed by atoms with E-state index in [1.165, 1.54) is 0 Å². The number of carbonyl (C=O) groups excluding carboxylic acids is 1. The summed E-state index contributed by atoms with van der Waals surface area (Å²) in [5, 5.41) is 3.47. The van der Waals surface area contributed by atoms with Crippen LogP contribution in [0.1, 0.15) is 24.2 Å². The summed E-state index contributed by atoms with van der Waals surface area (Å²) in [6, 6.07) is 16.3. The Bertz CT molecular complexity index is 1050. The molecule has 1 N–H and O–H groups in total. The highest BCUT2D eigenvalue weighted by atomic mass is 35.5. The summed E-state index contributed by atoms with van der Waals surface area (Å²) in [5.41, 5.74) is 1.89. The molecule has 0 unspecified atom stereocenters. The number of amides is 1. The molecule has 154 valence electrons. The second-order valence-corrected chi connectivity index (χ2v) is 7.52. The van der Waals surface area contributed by atoms with Gasteiger partial charge in [0, 0.05) is 11.9 Å². The van der Waals surface area contributed by atoms with Gasteiger partial charge in [-0.05, 0) is 62.4 Å². The van der Waals surface area contributed by atoms with Crippen LogP contribution in [0.3, 0.4) is 0 Å². The van der Waals surface area contributed by atoms with E-state index in [4.69, 9.17) is 21.1 Å². The van der Waals surface area contributed by atoms with E-state index in [1.807, 2.05) is 55.1 Å². The number of carbonyl (C=O) groups is 1. The lowest BCUT2D eigenvalue weighted by molar-refractivity contribution is 0.102. The van der Waals surface area contributed by atoms with Crippen LogP contribution in [0.4, 0.5) is 17.2 Å². The number of pyridine rings is 1. The van der Waals surface area contributed by atoms with Gasteiger partial charge in [0.05, 0.1) is 28.9 Å². The summed E-state index contributed by atoms with van der Waals surface area (Å²) in [6.45, 7) is 4.95. The number of nitrogens with one attached hydrogen (secondary N) is 1. The van der Waals surface area contributed by atoms with Crippen molar-refractivity contribution in [2.45, 2.75) is 20.0 Å². The van der Waals surface area contributed by atoms with Gasteiger partial charge in [0.25, 0.3) is 5.91 Å². The number of para-hydroxylation sites is 1. The average Bonchev–Trinajstić information content (AvgIpc) is 2.74. The molecule has 0 spiro atoms. The smallest absolute Gasteiger partial charge is 0.259 e. The molecule has 3 aromatic rings. The minimum absolute atomic E-state index is 0.0917. The molecule has 0 bridgehead atoms. The fourth-order valence-electron chi connectivity index (χ4n) is 3.31. The number of hydrogen-bond donors (Lipinski definition) is 1. The lowest BCUT2D eigenvalue weighted by atomic mass is 10.1. The van der Waals surface area contributed by atoms with Crippen LogP contribution in [0.25, 0.3) is 0 Å². The third-order valence-electron chi connectivity index (χ3n) is 4.57. The Morgan fingerprint density at radius 3 is 2.70 bits per heavy atom. The summed E-state index contributed by atoms with van der Waals surface area (Å²) >= 11 is 6.34. The lowest BCUT2D eigenvalue weighted by Gasteiger charge is -2.31. The molecule has 6 nitrogen and oxygen atoms in total. The van der Waals surface area contributed by atoms with Gasteiger partial charge in [0.15, 0.2) is 11.6 Å². The average molecular weight is 424 g/mol. The van der Waals surface area contributed by atoms with Crippen molar-refractivity contribution < 1.29 is 14.3 Å². The molecular formula is C23H22ClN3O3. The number of nitrogens with zero attached hydrogens (tertiary/aromatic N) is 2. The van der Waals surface area contributed by atoms with Gasteiger partial charge in [-0.2, -0.15) is 0 Å². The van der Waals surface area contributed by atoms with E-state index in [2.05, 4.69) is 10.3 Å². The number of ether oxygens (including phenoxy) is 2. The highest BCUT2D eigenvalue weighted by molar-refractivity contribution is 6.33. The van der Waals surface area contributed by atoms with E-state index in [0.717, 1.165) is 11.4 Å². The molecule has 0 atom stereocenters. The van der Waals surface area contributed by atoms with Crippen LogP contribution >= 0.6 is 11.6 Å². The molecule has 0 fully saturated rings. The van der Waals surface area contributed by atoms with Crippen LogP contribution in [0.2, 0.25) is 5.02 Å². The summed E-state index contributed by atoms with van der Waals surface area (Å²) in [4.78, 5) is 19.3. The number of fused-ring (bicyclic) bond motifs is 1. The van der Waals surface area contributed by atoms with Crippen molar-refractivity contribution in [1.82, 2.24) is 4.98 Å². The van der Waals surface area contributed by atoms with Crippen LogP contribution in [0.5, 0.6) is 11.5 Å². The minimum atomic E-state index is -0.252. The molecule has 7 heteroatoms. The standard InChI is InChI=1S/C23H22ClN3O3/c1-15(2)30-17-10-8-16(9-11-17)26-23(28)18-5-3-7-20-21(18)29-14-13-27(20)22-19(24)6-4-12-25-22/h3-12,15H,13-14H2,1-2H3,(H,26,28). The Morgan fingerprint density at radius 2 is 1.97 bits per heavy atom. The minimum Gasteiger partial charge on any atom is -0.491 e. The molecule has 1 aromatic heterocycles. The Balaban J connectivity index is 1.59. The Labute approximate surface area is 180 Å². The van der Waals surface area contributed by atoms with Crippen molar-refractivity contribution in [3.05, 3.63) is 71.4 Å². The number of halogens is 1. The third kappa shape index (κ3) is 4.19. The highest BCUT2D eigenvalue weighted by Crippen LogP contribution is 2.40. The zero-order chi connectivity index (χ0) is 21.1. The van der Waals surface area contributed by atoms with Crippen molar-refractivity contribution in [2.24, 2.45) is 0 Å². The van der Waals surface area contributed by atoms with Crippen molar-refractivity contribution in [1.29, 1.82) is 0 Å². The first-order valence-corrected chi connectivity index (χ1v) is 10.1. The van der Waals surface area contributed by atoms with E-state index in [0.29, 0.717) is 41.0 Å². The Morgan fingerprint density at radius 1 is 1.17 bits per heavy atom. The van der Waals surface area contributed by atoms with E-state index in [9.17, 15) is 4.79 Å². The Hall–Kier alpha value is -3.25. The normalized spacial score (nSPS) is 12.9. The van der Waals surface area contributed by atoms with Crippen LogP contribution in [-0.4, -0.2) is 30.1 Å². The highest BCUT2D eigenvalue weighted by Gasteiger charge is 2.26. The molecule has 30 heavy (non-hydrogen) atoms. The summed E-state index contributed by atoms with van der Waals surface area (Å²) < 4.78 is 11.5. The molecule has 1 amide bonds. The van der Waals surface area contributed by atoms with E-state index >= 15 is 0 Å². The van der Waals surface area contributed by atoms with Crippen molar-refractivity contribution >= 4 is 34.7 Å². The monoisotopic (exact) mass is 423 g/mol. The molecule has 2 heterocycles. The number of hydrogen-bond acceptors (Lipinski definition) is 5. The molecule has 1 aliphatic rings. The summed E-state index contributed by atoms with van der Waals surface area (Å²) in [6.07, 6.45) is 1.79. The van der Waals surface area contributed by atoms with E-state index < -0.39 is 0 Å².